The number of hydrogen-bond acceptors (Lipinski definition) is 6. The minimum absolute atomic E-state index is 0.0941. The van der Waals surface area contributed by atoms with E-state index in [0.717, 1.165) is 31.5 Å². The first kappa shape index (κ1) is 17.6. The number of pyridine rings is 1. The van der Waals surface area contributed by atoms with Crippen molar-refractivity contribution in [2.24, 2.45) is 0 Å². The van der Waals surface area contributed by atoms with E-state index in [1.807, 2.05) is 17.0 Å². The molecule has 0 spiro atoms. The van der Waals surface area contributed by atoms with Gasteiger partial charge in [-0.05, 0) is 37.6 Å². The largest absolute Gasteiger partial charge is 0.337 e. The van der Waals surface area contributed by atoms with Crippen molar-refractivity contribution >= 4 is 11.8 Å². The second-order valence-electron chi connectivity index (χ2n) is 6.88. The highest BCUT2D eigenvalue weighted by Gasteiger charge is 2.35. The molecule has 2 amide bonds. The zero-order valence-electron chi connectivity index (χ0n) is 15.1. The topological polar surface area (TPSA) is 98.3 Å². The van der Waals surface area contributed by atoms with E-state index in [1.54, 1.807) is 17.3 Å². The van der Waals surface area contributed by atoms with Crippen molar-refractivity contribution in [2.45, 2.75) is 18.9 Å². The molecule has 27 heavy (non-hydrogen) atoms. The molecule has 0 saturated carbocycles. The number of nitrogens with zero attached hydrogens (tertiary/aromatic N) is 6. The van der Waals surface area contributed by atoms with Crippen LogP contribution in [-0.4, -0.2) is 85.9 Å². The Morgan fingerprint density at radius 1 is 1.04 bits per heavy atom. The third-order valence-corrected chi connectivity index (χ3v) is 5.24. The van der Waals surface area contributed by atoms with Gasteiger partial charge in [-0.15, -0.1) is 0 Å². The molecule has 2 saturated heterocycles. The molecule has 1 N–H and O–H groups in total. The van der Waals surface area contributed by atoms with Gasteiger partial charge in [0.2, 0.25) is 11.7 Å². The van der Waals surface area contributed by atoms with Crippen molar-refractivity contribution < 1.29 is 9.59 Å². The lowest BCUT2D eigenvalue weighted by Crippen LogP contribution is -2.53. The normalized spacial score (nSPS) is 19.3. The number of piperazine rings is 1. The minimum Gasteiger partial charge on any atom is -0.337 e. The minimum atomic E-state index is -0.294. The number of rotatable bonds is 4. The van der Waals surface area contributed by atoms with Crippen LogP contribution in [0.1, 0.15) is 35.1 Å². The summed E-state index contributed by atoms with van der Waals surface area (Å²) in [4.78, 5) is 39.6. The summed E-state index contributed by atoms with van der Waals surface area (Å²) in [5.41, 5.74) is 0.935. The first-order chi connectivity index (χ1) is 13.2. The van der Waals surface area contributed by atoms with Gasteiger partial charge in [0.25, 0.3) is 5.91 Å². The standard InChI is InChI=1S/C18H23N7O2/c26-17(15(23-6-1-2-7-23)14-4-3-5-19-12-14)24-8-10-25(11-9-24)18(27)16-20-13-21-22-16/h3-5,12-13,15H,1-2,6-11H2,(H,20,21,22). The maximum Gasteiger partial charge on any atom is 0.291 e. The smallest absolute Gasteiger partial charge is 0.291 e. The molecule has 9 nitrogen and oxygen atoms in total. The molecule has 2 aliphatic heterocycles. The number of aromatic amines is 1. The second-order valence-corrected chi connectivity index (χ2v) is 6.88. The van der Waals surface area contributed by atoms with Crippen molar-refractivity contribution in [2.75, 3.05) is 39.3 Å². The fourth-order valence-electron chi connectivity index (χ4n) is 3.81. The highest BCUT2D eigenvalue weighted by molar-refractivity contribution is 5.90. The Kier molecular flexibility index (Phi) is 5.10. The van der Waals surface area contributed by atoms with Gasteiger partial charge in [0, 0.05) is 38.6 Å². The Morgan fingerprint density at radius 3 is 2.41 bits per heavy atom. The summed E-state index contributed by atoms with van der Waals surface area (Å²) in [5.74, 6) is 0.152. The van der Waals surface area contributed by atoms with Gasteiger partial charge in [0.15, 0.2) is 0 Å². The number of nitrogens with one attached hydrogen (secondary N) is 1. The average Bonchev–Trinajstić information content (AvgIpc) is 3.43. The third kappa shape index (κ3) is 3.68. The Labute approximate surface area is 157 Å². The molecule has 142 valence electrons. The van der Waals surface area contributed by atoms with Gasteiger partial charge in [-0.1, -0.05) is 6.07 Å². The molecule has 2 aromatic rings. The molecule has 2 aromatic heterocycles. The first-order valence-corrected chi connectivity index (χ1v) is 9.31. The van der Waals surface area contributed by atoms with E-state index in [9.17, 15) is 9.59 Å². The van der Waals surface area contributed by atoms with Gasteiger partial charge in [-0.25, -0.2) is 4.98 Å². The van der Waals surface area contributed by atoms with Gasteiger partial charge >= 0.3 is 0 Å². The summed E-state index contributed by atoms with van der Waals surface area (Å²) in [6, 6.07) is 3.55. The van der Waals surface area contributed by atoms with Crippen LogP contribution in [-0.2, 0) is 4.79 Å². The van der Waals surface area contributed by atoms with Crippen molar-refractivity contribution in [3.8, 4) is 0 Å². The maximum absolute atomic E-state index is 13.3. The molecular weight excluding hydrogens is 346 g/mol. The Morgan fingerprint density at radius 2 is 1.78 bits per heavy atom. The van der Waals surface area contributed by atoms with E-state index >= 15 is 0 Å². The summed E-state index contributed by atoms with van der Waals surface area (Å²) >= 11 is 0. The predicted molar refractivity (Wildman–Crippen MR) is 96.7 cm³/mol. The molecular formula is C18H23N7O2. The van der Waals surface area contributed by atoms with Crippen molar-refractivity contribution in [1.82, 2.24) is 34.9 Å². The lowest BCUT2D eigenvalue weighted by Gasteiger charge is -2.38. The number of aromatic nitrogens is 4. The highest BCUT2D eigenvalue weighted by atomic mass is 16.2. The molecule has 0 aliphatic carbocycles. The number of carbonyl (C=O) groups excluding carboxylic acids is 2. The lowest BCUT2D eigenvalue weighted by atomic mass is 10.1. The Balaban J connectivity index is 1.44. The van der Waals surface area contributed by atoms with E-state index in [-0.39, 0.29) is 23.7 Å². The summed E-state index contributed by atoms with van der Waals surface area (Å²) in [5, 5.41) is 6.32. The van der Waals surface area contributed by atoms with E-state index in [0.29, 0.717) is 26.2 Å². The molecule has 9 heteroatoms. The monoisotopic (exact) mass is 369 g/mol. The van der Waals surface area contributed by atoms with Crippen molar-refractivity contribution in [3.63, 3.8) is 0 Å². The number of hydrogen-bond donors (Lipinski definition) is 1. The van der Waals surface area contributed by atoms with Crippen LogP contribution >= 0.6 is 0 Å². The van der Waals surface area contributed by atoms with Crippen LogP contribution in [0.5, 0.6) is 0 Å². The summed E-state index contributed by atoms with van der Waals surface area (Å²) < 4.78 is 0. The zero-order chi connectivity index (χ0) is 18.6. The quantitative estimate of drug-likeness (QED) is 0.834. The molecule has 2 aliphatic rings. The van der Waals surface area contributed by atoms with Gasteiger partial charge < -0.3 is 9.80 Å². The highest BCUT2D eigenvalue weighted by Crippen LogP contribution is 2.27. The molecule has 1 unspecified atom stereocenters. The van der Waals surface area contributed by atoms with Crippen LogP contribution in [0.2, 0.25) is 0 Å². The number of amides is 2. The van der Waals surface area contributed by atoms with E-state index < -0.39 is 0 Å². The van der Waals surface area contributed by atoms with Crippen LogP contribution in [0.25, 0.3) is 0 Å². The van der Waals surface area contributed by atoms with E-state index in [2.05, 4.69) is 25.1 Å². The molecule has 0 aromatic carbocycles. The van der Waals surface area contributed by atoms with Crippen LogP contribution in [0.15, 0.2) is 30.9 Å². The first-order valence-electron chi connectivity index (χ1n) is 9.31. The van der Waals surface area contributed by atoms with E-state index in [4.69, 9.17) is 0 Å². The van der Waals surface area contributed by atoms with Gasteiger partial charge in [-0.2, -0.15) is 5.10 Å². The van der Waals surface area contributed by atoms with Crippen LogP contribution in [0, 0.1) is 0 Å². The molecule has 1 atom stereocenters. The van der Waals surface area contributed by atoms with Crippen molar-refractivity contribution in [3.05, 3.63) is 42.2 Å². The van der Waals surface area contributed by atoms with Gasteiger partial charge in [0.1, 0.15) is 12.4 Å². The zero-order valence-corrected chi connectivity index (χ0v) is 15.1. The number of likely N-dealkylation sites (tertiary alicyclic amines) is 1. The predicted octanol–water partition coefficient (Wildman–Crippen LogP) is 0.321. The molecule has 4 rings (SSSR count). The lowest BCUT2D eigenvalue weighted by molar-refractivity contribution is -0.138. The Bertz CT molecular complexity index is 766. The third-order valence-electron chi connectivity index (χ3n) is 5.24. The average molecular weight is 369 g/mol. The van der Waals surface area contributed by atoms with Crippen LogP contribution in [0.4, 0.5) is 0 Å². The Hall–Kier alpha value is -2.81. The summed E-state index contributed by atoms with van der Waals surface area (Å²) in [6.07, 6.45) is 7.06. The van der Waals surface area contributed by atoms with Crippen LogP contribution in [0.3, 0.4) is 0 Å². The SMILES string of the molecule is O=C(c1ncn[nH]1)N1CCN(C(=O)C(c2cccnc2)N2CCCC2)CC1. The van der Waals surface area contributed by atoms with Crippen LogP contribution < -0.4 is 0 Å². The molecule has 4 heterocycles. The number of carbonyl (C=O) groups is 2. The van der Waals surface area contributed by atoms with Crippen molar-refractivity contribution in [1.29, 1.82) is 0 Å². The molecule has 0 bridgehead atoms. The summed E-state index contributed by atoms with van der Waals surface area (Å²) in [6.45, 7) is 3.87. The van der Waals surface area contributed by atoms with Gasteiger partial charge in [0.05, 0.1) is 0 Å². The number of H-pyrrole nitrogens is 1. The molecule has 2 fully saturated rings. The molecule has 0 radical (unpaired) electrons. The fourth-order valence-corrected chi connectivity index (χ4v) is 3.81. The fraction of sp³-hybridized carbons (Fsp3) is 0.500. The van der Waals surface area contributed by atoms with E-state index in [1.165, 1.54) is 6.33 Å². The maximum atomic E-state index is 13.3. The second kappa shape index (κ2) is 7.83. The van der Waals surface area contributed by atoms with Gasteiger partial charge in [-0.3, -0.25) is 24.6 Å². The summed E-state index contributed by atoms with van der Waals surface area (Å²) in [7, 11) is 0.